The Hall–Kier alpha value is -4.00. The van der Waals surface area contributed by atoms with Gasteiger partial charge < -0.3 is 20.2 Å². The number of nitrogens with zero attached hydrogens (tertiary/aromatic N) is 2. The summed E-state index contributed by atoms with van der Waals surface area (Å²) >= 11 is 0. The number of nitrogens with two attached hydrogens (primary N) is 1. The molecule has 0 radical (unpaired) electrons. The first-order chi connectivity index (χ1) is 14.9. The molecule has 0 spiro atoms. The van der Waals surface area contributed by atoms with E-state index in [0.717, 1.165) is 44.9 Å². The molecule has 2 aromatic heterocycles. The molecule has 0 saturated heterocycles. The molecule has 156 valence electrons. The third-order valence-electron chi connectivity index (χ3n) is 5.77. The minimum atomic E-state index is -0.190. The van der Waals surface area contributed by atoms with Gasteiger partial charge in [0.25, 0.3) is 0 Å². The number of ether oxygens (including phenoxy) is 2. The molecule has 7 nitrogen and oxygen atoms in total. The molecule has 0 atom stereocenters. The number of H-pyrrole nitrogens is 1. The summed E-state index contributed by atoms with van der Waals surface area (Å²) in [6.07, 6.45) is 1.79. The zero-order chi connectivity index (χ0) is 21.9. The molecule has 0 fully saturated rings. The average molecular weight is 414 g/mol. The molecule has 3 N–H and O–H groups in total. The van der Waals surface area contributed by atoms with Crippen molar-refractivity contribution < 1.29 is 14.3 Å². The molecule has 31 heavy (non-hydrogen) atoms. The molecule has 1 aliphatic rings. The summed E-state index contributed by atoms with van der Waals surface area (Å²) < 4.78 is 13.2. The van der Waals surface area contributed by atoms with Crippen LogP contribution in [0.3, 0.4) is 0 Å². The Balaban J connectivity index is 1.76. The van der Waals surface area contributed by atoms with Gasteiger partial charge >= 0.3 is 0 Å². The van der Waals surface area contributed by atoms with Crippen molar-refractivity contribution in [2.24, 2.45) is 7.05 Å². The Morgan fingerprint density at radius 3 is 2.71 bits per heavy atom. The van der Waals surface area contributed by atoms with Gasteiger partial charge in [-0.2, -0.15) is 5.10 Å². The summed E-state index contributed by atoms with van der Waals surface area (Å²) in [5.41, 5.74) is 12.4. The van der Waals surface area contributed by atoms with E-state index in [9.17, 15) is 4.79 Å². The van der Waals surface area contributed by atoms with Crippen LogP contribution in [0.4, 0.5) is 5.69 Å². The van der Waals surface area contributed by atoms with Gasteiger partial charge in [0.05, 0.1) is 24.1 Å². The van der Waals surface area contributed by atoms with Crippen molar-refractivity contribution in [3.05, 3.63) is 64.7 Å². The molecular formula is C24H22N4O3. The van der Waals surface area contributed by atoms with E-state index < -0.39 is 0 Å². The third kappa shape index (κ3) is 2.89. The number of fused-ring (bicyclic) bond motifs is 2. The Kier molecular flexibility index (Phi) is 4.15. The quantitative estimate of drug-likeness (QED) is 0.383. The summed E-state index contributed by atoms with van der Waals surface area (Å²) in [6.45, 7) is 4.00. The van der Waals surface area contributed by atoms with Crippen LogP contribution in [0.25, 0.3) is 28.2 Å². The highest BCUT2D eigenvalue weighted by atomic mass is 16.5. The molecule has 4 aromatic rings. The van der Waals surface area contributed by atoms with Crippen LogP contribution in [0.5, 0.6) is 11.5 Å². The second-order valence-electron chi connectivity index (χ2n) is 7.69. The third-order valence-corrected chi connectivity index (χ3v) is 5.77. The molecule has 0 unspecified atom stereocenters. The summed E-state index contributed by atoms with van der Waals surface area (Å²) in [6, 6.07) is 10.9. The van der Waals surface area contributed by atoms with Crippen LogP contribution in [0.2, 0.25) is 0 Å². The van der Waals surface area contributed by atoms with Crippen LogP contribution in [0, 0.1) is 13.8 Å². The van der Waals surface area contributed by atoms with Crippen molar-refractivity contribution in [3.63, 3.8) is 0 Å². The fourth-order valence-corrected chi connectivity index (χ4v) is 4.14. The van der Waals surface area contributed by atoms with E-state index >= 15 is 0 Å². The summed E-state index contributed by atoms with van der Waals surface area (Å²) in [5.74, 6) is 1.31. The molecule has 7 heteroatoms. The van der Waals surface area contributed by atoms with Crippen LogP contribution in [-0.4, -0.2) is 27.7 Å². The van der Waals surface area contributed by atoms with Gasteiger partial charge in [-0.1, -0.05) is 0 Å². The highest BCUT2D eigenvalue weighted by Crippen LogP contribution is 2.39. The number of aromatic nitrogens is 3. The molecule has 3 heterocycles. The minimum absolute atomic E-state index is 0.190. The van der Waals surface area contributed by atoms with Gasteiger partial charge in [0.2, 0.25) is 5.78 Å². The number of ketones is 1. The van der Waals surface area contributed by atoms with Crippen molar-refractivity contribution in [1.29, 1.82) is 0 Å². The van der Waals surface area contributed by atoms with Crippen molar-refractivity contribution in [3.8, 4) is 22.8 Å². The van der Waals surface area contributed by atoms with Gasteiger partial charge in [0, 0.05) is 40.5 Å². The standard InChI is InChI=1S/C24H22N4O3/c1-12-22(13(2)28(3)27-12)23-17(16-10-15(30-4)6-7-19(16)26-23)11-21-24(29)18-9-14(25)5-8-20(18)31-21/h5-11,26H,25H2,1-4H3/b21-11-. The normalized spacial score (nSPS) is 14.3. The summed E-state index contributed by atoms with van der Waals surface area (Å²) in [5, 5.41) is 5.49. The summed E-state index contributed by atoms with van der Waals surface area (Å²) in [7, 11) is 3.55. The lowest BCUT2D eigenvalue weighted by Gasteiger charge is -2.04. The van der Waals surface area contributed by atoms with Crippen LogP contribution in [-0.2, 0) is 7.05 Å². The number of aryl methyl sites for hydroxylation is 2. The molecule has 5 rings (SSSR count). The number of allylic oxidation sites excluding steroid dienone is 1. The number of benzene rings is 2. The number of anilines is 1. The Morgan fingerprint density at radius 2 is 2.00 bits per heavy atom. The minimum Gasteiger partial charge on any atom is -0.497 e. The molecular weight excluding hydrogens is 392 g/mol. The molecule has 0 aliphatic carbocycles. The predicted molar refractivity (Wildman–Crippen MR) is 120 cm³/mol. The van der Waals surface area contributed by atoms with E-state index in [4.69, 9.17) is 15.2 Å². The van der Waals surface area contributed by atoms with Crippen LogP contribution in [0.1, 0.15) is 27.3 Å². The van der Waals surface area contributed by atoms with Crippen LogP contribution >= 0.6 is 0 Å². The molecule has 0 saturated carbocycles. The number of carbonyl (C=O) groups is 1. The maximum absolute atomic E-state index is 13.0. The molecule has 0 amide bonds. The van der Waals surface area contributed by atoms with Crippen LogP contribution in [0.15, 0.2) is 42.2 Å². The van der Waals surface area contributed by atoms with E-state index in [1.807, 2.05) is 43.8 Å². The van der Waals surface area contributed by atoms with Crippen molar-refractivity contribution in [2.45, 2.75) is 13.8 Å². The lowest BCUT2D eigenvalue weighted by Crippen LogP contribution is -1.99. The summed E-state index contributed by atoms with van der Waals surface area (Å²) in [4.78, 5) is 16.5. The highest BCUT2D eigenvalue weighted by Gasteiger charge is 2.29. The molecule has 1 aliphatic heterocycles. The number of hydrogen-bond donors (Lipinski definition) is 2. The van der Waals surface area contributed by atoms with Gasteiger partial charge in [-0.3, -0.25) is 9.48 Å². The number of carbonyl (C=O) groups excluding carboxylic acids is 1. The number of methoxy groups -OCH3 is 1. The van der Waals surface area contributed by atoms with Gasteiger partial charge in [-0.15, -0.1) is 0 Å². The van der Waals surface area contributed by atoms with Gasteiger partial charge in [0.1, 0.15) is 11.5 Å². The number of nitrogen functional groups attached to an aromatic ring is 1. The lowest BCUT2D eigenvalue weighted by molar-refractivity contribution is 0.101. The van der Waals surface area contributed by atoms with E-state index in [0.29, 0.717) is 17.0 Å². The van der Waals surface area contributed by atoms with E-state index in [2.05, 4.69) is 10.1 Å². The zero-order valence-electron chi connectivity index (χ0n) is 17.7. The molecule has 0 bridgehead atoms. The first kappa shape index (κ1) is 19.0. The monoisotopic (exact) mass is 414 g/mol. The van der Waals surface area contributed by atoms with Gasteiger partial charge in [0.15, 0.2) is 5.76 Å². The first-order valence-electron chi connectivity index (χ1n) is 9.91. The number of rotatable bonds is 3. The van der Waals surface area contributed by atoms with E-state index in [1.54, 1.807) is 31.4 Å². The smallest absolute Gasteiger partial charge is 0.232 e. The van der Waals surface area contributed by atoms with Crippen molar-refractivity contribution in [2.75, 3.05) is 12.8 Å². The fraction of sp³-hybridized carbons (Fsp3) is 0.167. The number of aromatic amines is 1. The zero-order valence-corrected chi connectivity index (χ0v) is 17.7. The van der Waals surface area contributed by atoms with Gasteiger partial charge in [-0.25, -0.2) is 0 Å². The molecule has 2 aromatic carbocycles. The van der Waals surface area contributed by atoms with Gasteiger partial charge in [-0.05, 0) is 56.3 Å². The lowest BCUT2D eigenvalue weighted by atomic mass is 10.0. The number of Topliss-reactive ketones (excluding diaryl/α,β-unsaturated/α-hetero) is 1. The largest absolute Gasteiger partial charge is 0.497 e. The predicted octanol–water partition coefficient (Wildman–Crippen LogP) is 4.39. The fourth-order valence-electron chi connectivity index (χ4n) is 4.14. The number of hydrogen-bond acceptors (Lipinski definition) is 5. The Labute approximate surface area is 179 Å². The Morgan fingerprint density at radius 1 is 1.19 bits per heavy atom. The second kappa shape index (κ2) is 6.77. The average Bonchev–Trinajstić information content (AvgIpc) is 3.34. The van der Waals surface area contributed by atoms with Crippen molar-refractivity contribution in [1.82, 2.24) is 14.8 Å². The van der Waals surface area contributed by atoms with E-state index in [-0.39, 0.29) is 11.5 Å². The highest BCUT2D eigenvalue weighted by molar-refractivity contribution is 6.16. The topological polar surface area (TPSA) is 95.2 Å². The Bertz CT molecular complexity index is 1410. The van der Waals surface area contributed by atoms with Crippen molar-refractivity contribution >= 4 is 28.4 Å². The maximum Gasteiger partial charge on any atom is 0.232 e. The first-order valence-corrected chi connectivity index (χ1v) is 9.91. The van der Waals surface area contributed by atoms with Crippen LogP contribution < -0.4 is 15.2 Å². The SMILES string of the molecule is COc1ccc2[nH]c(-c3c(C)nn(C)c3C)c(/C=C3\Oc4ccc(N)cc4C3=O)c2c1. The van der Waals surface area contributed by atoms with E-state index in [1.165, 1.54) is 0 Å². The maximum atomic E-state index is 13.0. The number of nitrogens with one attached hydrogen (secondary N) is 1. The second-order valence-corrected chi connectivity index (χ2v) is 7.69.